The first-order valence-electron chi connectivity index (χ1n) is 6.81. The van der Waals surface area contributed by atoms with Gasteiger partial charge in [-0.25, -0.2) is 0 Å². The SMILES string of the molecule is CC1(C)CCNC(=O)C(CO)N1CC1CCCO1. The van der Waals surface area contributed by atoms with Gasteiger partial charge < -0.3 is 15.2 Å². The zero-order valence-electron chi connectivity index (χ0n) is 11.3. The van der Waals surface area contributed by atoms with E-state index in [2.05, 4.69) is 24.1 Å². The molecule has 104 valence electrons. The van der Waals surface area contributed by atoms with Crippen LogP contribution in [-0.2, 0) is 9.53 Å². The lowest BCUT2D eigenvalue weighted by Crippen LogP contribution is -2.56. The summed E-state index contributed by atoms with van der Waals surface area (Å²) in [5.41, 5.74) is -0.0987. The fourth-order valence-corrected chi connectivity index (χ4v) is 2.88. The molecule has 2 aliphatic rings. The Morgan fingerprint density at radius 2 is 2.33 bits per heavy atom. The highest BCUT2D eigenvalue weighted by molar-refractivity contribution is 5.82. The molecular weight excluding hydrogens is 232 g/mol. The van der Waals surface area contributed by atoms with E-state index >= 15 is 0 Å². The van der Waals surface area contributed by atoms with Crippen LogP contribution in [0.1, 0.15) is 33.1 Å². The predicted molar refractivity (Wildman–Crippen MR) is 68.3 cm³/mol. The van der Waals surface area contributed by atoms with E-state index < -0.39 is 6.04 Å². The first kappa shape index (κ1) is 13.8. The third-order valence-corrected chi connectivity index (χ3v) is 4.09. The highest BCUT2D eigenvalue weighted by Gasteiger charge is 2.40. The van der Waals surface area contributed by atoms with Gasteiger partial charge in [0.05, 0.1) is 12.7 Å². The van der Waals surface area contributed by atoms with Crippen molar-refractivity contribution in [1.29, 1.82) is 0 Å². The summed E-state index contributed by atoms with van der Waals surface area (Å²) in [6, 6.07) is -0.452. The number of carbonyl (C=O) groups excluding carboxylic acids is 1. The molecule has 2 rings (SSSR count). The van der Waals surface area contributed by atoms with Crippen molar-refractivity contribution in [3.8, 4) is 0 Å². The molecule has 0 aromatic carbocycles. The van der Waals surface area contributed by atoms with Crippen LogP contribution >= 0.6 is 0 Å². The molecule has 0 radical (unpaired) electrons. The van der Waals surface area contributed by atoms with Gasteiger partial charge in [-0.05, 0) is 33.1 Å². The van der Waals surface area contributed by atoms with Crippen LogP contribution < -0.4 is 5.32 Å². The van der Waals surface area contributed by atoms with Crippen molar-refractivity contribution in [2.24, 2.45) is 0 Å². The first-order chi connectivity index (χ1) is 8.54. The Morgan fingerprint density at radius 3 is 2.94 bits per heavy atom. The Labute approximate surface area is 108 Å². The van der Waals surface area contributed by atoms with Crippen LogP contribution in [0.5, 0.6) is 0 Å². The largest absolute Gasteiger partial charge is 0.394 e. The quantitative estimate of drug-likeness (QED) is 0.753. The maximum atomic E-state index is 12.0. The summed E-state index contributed by atoms with van der Waals surface area (Å²) in [5.74, 6) is -0.0685. The predicted octanol–water partition coefficient (Wildman–Crippen LogP) is 0.127. The number of amides is 1. The van der Waals surface area contributed by atoms with Crippen LogP contribution in [0.15, 0.2) is 0 Å². The number of nitrogens with one attached hydrogen (secondary N) is 1. The van der Waals surface area contributed by atoms with Gasteiger partial charge in [0, 0.05) is 25.2 Å². The summed E-state index contributed by atoms with van der Waals surface area (Å²) in [7, 11) is 0. The van der Waals surface area contributed by atoms with Gasteiger partial charge in [0.2, 0.25) is 5.91 Å². The van der Waals surface area contributed by atoms with Crippen molar-refractivity contribution in [2.75, 3.05) is 26.3 Å². The number of aliphatic hydroxyl groups is 1. The molecule has 2 heterocycles. The summed E-state index contributed by atoms with van der Waals surface area (Å²) >= 11 is 0. The lowest BCUT2D eigenvalue weighted by atomic mass is 9.96. The highest BCUT2D eigenvalue weighted by atomic mass is 16.5. The van der Waals surface area contributed by atoms with Crippen molar-refractivity contribution in [2.45, 2.75) is 50.8 Å². The zero-order chi connectivity index (χ0) is 13.2. The summed E-state index contributed by atoms with van der Waals surface area (Å²) in [4.78, 5) is 14.1. The van der Waals surface area contributed by atoms with E-state index in [0.717, 1.165) is 32.4 Å². The minimum absolute atomic E-state index is 0.0685. The fraction of sp³-hybridized carbons (Fsp3) is 0.923. The van der Waals surface area contributed by atoms with Crippen molar-refractivity contribution >= 4 is 5.91 Å². The second-order valence-electron chi connectivity index (χ2n) is 5.84. The minimum atomic E-state index is -0.452. The minimum Gasteiger partial charge on any atom is -0.394 e. The van der Waals surface area contributed by atoms with E-state index in [1.807, 2.05) is 0 Å². The molecule has 0 bridgehead atoms. The number of nitrogens with zero attached hydrogens (tertiary/aromatic N) is 1. The molecule has 5 heteroatoms. The molecule has 0 aliphatic carbocycles. The molecule has 0 aromatic heterocycles. The Kier molecular flexibility index (Phi) is 4.25. The van der Waals surface area contributed by atoms with Gasteiger partial charge in [-0.1, -0.05) is 0 Å². The Balaban J connectivity index is 2.14. The summed E-state index contributed by atoms with van der Waals surface area (Å²) in [6.45, 7) is 6.34. The van der Waals surface area contributed by atoms with Gasteiger partial charge >= 0.3 is 0 Å². The number of carbonyl (C=O) groups is 1. The topological polar surface area (TPSA) is 61.8 Å². The summed E-state index contributed by atoms with van der Waals surface area (Å²) in [6.07, 6.45) is 3.23. The molecule has 0 aromatic rings. The van der Waals surface area contributed by atoms with Crippen LogP contribution in [0.25, 0.3) is 0 Å². The smallest absolute Gasteiger partial charge is 0.239 e. The first-order valence-corrected chi connectivity index (χ1v) is 6.81. The monoisotopic (exact) mass is 256 g/mol. The van der Waals surface area contributed by atoms with Crippen molar-refractivity contribution in [3.05, 3.63) is 0 Å². The molecule has 1 amide bonds. The van der Waals surface area contributed by atoms with Crippen molar-refractivity contribution in [3.63, 3.8) is 0 Å². The van der Waals surface area contributed by atoms with E-state index in [0.29, 0.717) is 6.54 Å². The van der Waals surface area contributed by atoms with Crippen LogP contribution in [-0.4, -0.2) is 59.9 Å². The molecule has 2 fully saturated rings. The summed E-state index contributed by atoms with van der Waals surface area (Å²) < 4.78 is 5.66. The van der Waals surface area contributed by atoms with Gasteiger partial charge in [0.1, 0.15) is 6.04 Å². The molecule has 18 heavy (non-hydrogen) atoms. The number of ether oxygens (including phenoxy) is 1. The molecule has 2 saturated heterocycles. The van der Waals surface area contributed by atoms with Gasteiger partial charge in [0.25, 0.3) is 0 Å². The van der Waals surface area contributed by atoms with Gasteiger partial charge in [-0.15, -0.1) is 0 Å². The normalized spacial score (nSPS) is 33.2. The zero-order valence-corrected chi connectivity index (χ0v) is 11.3. The standard InChI is InChI=1S/C13H24N2O3/c1-13(2)5-6-14-12(17)11(9-16)15(13)8-10-4-3-7-18-10/h10-11,16H,3-9H2,1-2H3,(H,14,17). The van der Waals surface area contributed by atoms with E-state index in [4.69, 9.17) is 4.74 Å². The second-order valence-corrected chi connectivity index (χ2v) is 5.84. The van der Waals surface area contributed by atoms with Crippen molar-refractivity contribution < 1.29 is 14.6 Å². The number of rotatable bonds is 3. The average Bonchev–Trinajstić information content (AvgIpc) is 2.77. The molecule has 0 spiro atoms. The fourth-order valence-electron chi connectivity index (χ4n) is 2.88. The van der Waals surface area contributed by atoms with Gasteiger partial charge in [0.15, 0.2) is 0 Å². The number of hydrogen-bond acceptors (Lipinski definition) is 4. The lowest BCUT2D eigenvalue weighted by molar-refractivity contribution is -0.129. The Hall–Kier alpha value is -0.650. The average molecular weight is 256 g/mol. The van der Waals surface area contributed by atoms with Crippen LogP contribution in [0.3, 0.4) is 0 Å². The van der Waals surface area contributed by atoms with Gasteiger partial charge in [-0.2, -0.15) is 0 Å². The molecule has 2 N–H and O–H groups in total. The maximum Gasteiger partial charge on any atom is 0.239 e. The second kappa shape index (κ2) is 5.55. The molecule has 0 saturated carbocycles. The van der Waals surface area contributed by atoms with E-state index in [1.165, 1.54) is 0 Å². The molecule has 2 unspecified atom stereocenters. The van der Waals surface area contributed by atoms with Crippen LogP contribution in [0, 0.1) is 0 Å². The number of aliphatic hydroxyl groups excluding tert-OH is 1. The molecule has 2 aliphatic heterocycles. The van der Waals surface area contributed by atoms with Crippen molar-refractivity contribution in [1.82, 2.24) is 10.2 Å². The lowest BCUT2D eigenvalue weighted by Gasteiger charge is -2.41. The van der Waals surface area contributed by atoms with Crippen LogP contribution in [0.2, 0.25) is 0 Å². The Morgan fingerprint density at radius 1 is 1.56 bits per heavy atom. The van der Waals surface area contributed by atoms with Crippen LogP contribution in [0.4, 0.5) is 0 Å². The maximum absolute atomic E-state index is 12.0. The van der Waals surface area contributed by atoms with E-state index in [-0.39, 0.29) is 24.2 Å². The highest BCUT2D eigenvalue weighted by Crippen LogP contribution is 2.26. The molecular formula is C13H24N2O3. The van der Waals surface area contributed by atoms with E-state index in [9.17, 15) is 9.90 Å². The Bertz CT molecular complexity index is 301. The third kappa shape index (κ3) is 2.84. The summed E-state index contributed by atoms with van der Waals surface area (Å²) in [5, 5.41) is 12.4. The van der Waals surface area contributed by atoms with Gasteiger partial charge in [-0.3, -0.25) is 9.69 Å². The molecule has 5 nitrogen and oxygen atoms in total. The third-order valence-electron chi connectivity index (χ3n) is 4.09. The molecule has 2 atom stereocenters. The number of hydrogen-bond donors (Lipinski definition) is 2. The van der Waals surface area contributed by atoms with E-state index in [1.54, 1.807) is 0 Å².